The van der Waals surface area contributed by atoms with Gasteiger partial charge in [-0.1, -0.05) is 29.8 Å². The van der Waals surface area contributed by atoms with E-state index < -0.39 is 4.92 Å². The highest BCUT2D eigenvalue weighted by Gasteiger charge is 2.13. The molecule has 1 amide bonds. The van der Waals surface area contributed by atoms with Crippen LogP contribution in [-0.4, -0.2) is 15.8 Å². The van der Waals surface area contributed by atoms with Crippen LogP contribution in [0.2, 0.25) is 0 Å². The third-order valence-electron chi connectivity index (χ3n) is 3.37. The Hall–Kier alpha value is -3.06. The van der Waals surface area contributed by atoms with Crippen molar-refractivity contribution in [1.82, 2.24) is 4.98 Å². The maximum absolute atomic E-state index is 12.2. The van der Waals surface area contributed by atoms with Crippen LogP contribution in [0.25, 0.3) is 10.6 Å². The first kappa shape index (κ1) is 15.8. The molecular formula is C17H13N3O3S. The van der Waals surface area contributed by atoms with Crippen LogP contribution in [0.1, 0.15) is 16.1 Å². The third-order valence-corrected chi connectivity index (χ3v) is 4.26. The van der Waals surface area contributed by atoms with Gasteiger partial charge in [0.1, 0.15) is 10.7 Å². The van der Waals surface area contributed by atoms with Crippen LogP contribution in [-0.2, 0) is 0 Å². The number of nitro benzene ring substituents is 1. The second-order valence-corrected chi connectivity index (χ2v) is 6.02. The predicted molar refractivity (Wildman–Crippen MR) is 93.3 cm³/mol. The van der Waals surface area contributed by atoms with Gasteiger partial charge in [-0.3, -0.25) is 14.9 Å². The summed E-state index contributed by atoms with van der Waals surface area (Å²) in [6, 6.07) is 13.6. The minimum absolute atomic E-state index is 0.0247. The van der Waals surface area contributed by atoms with Gasteiger partial charge in [-0.25, -0.2) is 4.98 Å². The molecule has 0 aliphatic rings. The van der Waals surface area contributed by atoms with Gasteiger partial charge in [-0.2, -0.15) is 0 Å². The first-order valence-corrected chi connectivity index (χ1v) is 7.99. The van der Waals surface area contributed by atoms with Gasteiger partial charge >= 0.3 is 0 Å². The highest BCUT2D eigenvalue weighted by atomic mass is 32.1. The van der Waals surface area contributed by atoms with Crippen molar-refractivity contribution >= 4 is 28.6 Å². The molecular weight excluding hydrogens is 326 g/mol. The normalized spacial score (nSPS) is 10.4. The van der Waals surface area contributed by atoms with Crippen molar-refractivity contribution in [2.24, 2.45) is 0 Å². The number of rotatable bonds is 4. The van der Waals surface area contributed by atoms with Crippen LogP contribution >= 0.6 is 11.3 Å². The second-order valence-electron chi connectivity index (χ2n) is 5.16. The molecule has 3 aromatic rings. The fourth-order valence-corrected chi connectivity index (χ4v) is 2.87. The molecule has 6 nitrogen and oxygen atoms in total. The van der Waals surface area contributed by atoms with Crippen molar-refractivity contribution in [3.8, 4) is 10.6 Å². The monoisotopic (exact) mass is 339 g/mol. The van der Waals surface area contributed by atoms with E-state index in [4.69, 9.17) is 0 Å². The standard InChI is InChI=1S/C17H13N3O3S/c1-11-2-4-12(5-3-11)17-19-15(10-24-17)16(21)18-13-6-8-14(9-7-13)20(22)23/h2-10H,1H3,(H,18,21). The van der Waals surface area contributed by atoms with Crippen molar-refractivity contribution in [2.75, 3.05) is 5.32 Å². The molecule has 0 unspecified atom stereocenters. The summed E-state index contributed by atoms with van der Waals surface area (Å²) in [5, 5.41) is 15.8. The van der Waals surface area contributed by atoms with E-state index in [0.29, 0.717) is 11.4 Å². The smallest absolute Gasteiger partial charge is 0.275 e. The summed E-state index contributed by atoms with van der Waals surface area (Å²) < 4.78 is 0. The van der Waals surface area contributed by atoms with Crippen molar-refractivity contribution in [3.63, 3.8) is 0 Å². The quantitative estimate of drug-likeness (QED) is 0.568. The fraction of sp³-hybridized carbons (Fsp3) is 0.0588. The molecule has 3 rings (SSSR count). The molecule has 120 valence electrons. The molecule has 1 aromatic heterocycles. The number of thiazole rings is 1. The molecule has 7 heteroatoms. The molecule has 24 heavy (non-hydrogen) atoms. The Balaban J connectivity index is 1.73. The van der Waals surface area contributed by atoms with E-state index >= 15 is 0 Å². The Bertz CT molecular complexity index is 886. The third kappa shape index (κ3) is 3.47. The largest absolute Gasteiger partial charge is 0.321 e. The Morgan fingerprint density at radius 3 is 2.42 bits per heavy atom. The minimum Gasteiger partial charge on any atom is -0.321 e. The van der Waals surface area contributed by atoms with Gasteiger partial charge in [0.2, 0.25) is 0 Å². The molecule has 0 saturated carbocycles. The zero-order valence-electron chi connectivity index (χ0n) is 12.7. The number of carbonyl (C=O) groups excluding carboxylic acids is 1. The summed E-state index contributed by atoms with van der Waals surface area (Å²) in [6.07, 6.45) is 0. The molecule has 0 aliphatic carbocycles. The summed E-state index contributed by atoms with van der Waals surface area (Å²) in [5.74, 6) is -0.349. The van der Waals surface area contributed by atoms with Crippen LogP contribution in [0.15, 0.2) is 53.9 Å². The molecule has 2 aromatic carbocycles. The summed E-state index contributed by atoms with van der Waals surface area (Å²) in [5.41, 5.74) is 2.89. The zero-order chi connectivity index (χ0) is 17.1. The summed E-state index contributed by atoms with van der Waals surface area (Å²) in [6.45, 7) is 2.01. The first-order valence-electron chi connectivity index (χ1n) is 7.11. The van der Waals surface area contributed by atoms with Crippen molar-refractivity contribution < 1.29 is 9.72 Å². The number of anilines is 1. The van der Waals surface area contributed by atoms with Crippen LogP contribution in [0.3, 0.4) is 0 Å². The Morgan fingerprint density at radius 1 is 1.12 bits per heavy atom. The van der Waals surface area contributed by atoms with Gasteiger partial charge in [0, 0.05) is 28.8 Å². The zero-order valence-corrected chi connectivity index (χ0v) is 13.5. The highest BCUT2D eigenvalue weighted by Crippen LogP contribution is 2.24. The number of nitrogens with one attached hydrogen (secondary N) is 1. The van der Waals surface area contributed by atoms with E-state index in [2.05, 4.69) is 10.3 Å². The average molecular weight is 339 g/mol. The number of hydrogen-bond acceptors (Lipinski definition) is 5. The SMILES string of the molecule is Cc1ccc(-c2nc(C(=O)Nc3ccc([N+](=O)[O-])cc3)cs2)cc1. The molecule has 0 spiro atoms. The van der Waals surface area contributed by atoms with Crippen molar-refractivity contribution in [2.45, 2.75) is 6.92 Å². The lowest BCUT2D eigenvalue weighted by Crippen LogP contribution is -2.12. The number of non-ortho nitro benzene ring substituents is 1. The van der Waals surface area contributed by atoms with Crippen LogP contribution in [0.5, 0.6) is 0 Å². The maximum Gasteiger partial charge on any atom is 0.275 e. The van der Waals surface area contributed by atoms with Gasteiger partial charge in [-0.05, 0) is 19.1 Å². The molecule has 0 atom stereocenters. The lowest BCUT2D eigenvalue weighted by Gasteiger charge is -2.02. The van der Waals surface area contributed by atoms with Crippen LogP contribution in [0, 0.1) is 17.0 Å². The summed E-state index contributed by atoms with van der Waals surface area (Å²) >= 11 is 1.39. The average Bonchev–Trinajstić information content (AvgIpc) is 3.06. The lowest BCUT2D eigenvalue weighted by atomic mass is 10.2. The predicted octanol–water partition coefficient (Wildman–Crippen LogP) is 4.28. The molecule has 1 N–H and O–H groups in total. The van der Waals surface area contributed by atoms with E-state index in [-0.39, 0.29) is 11.6 Å². The Labute approximate surface area is 141 Å². The summed E-state index contributed by atoms with van der Waals surface area (Å²) in [4.78, 5) is 26.7. The van der Waals surface area contributed by atoms with Gasteiger partial charge < -0.3 is 5.32 Å². The van der Waals surface area contributed by atoms with Crippen molar-refractivity contribution in [1.29, 1.82) is 0 Å². The molecule has 0 aliphatic heterocycles. The number of amides is 1. The van der Waals surface area contributed by atoms with E-state index in [9.17, 15) is 14.9 Å². The fourth-order valence-electron chi connectivity index (χ4n) is 2.07. The van der Waals surface area contributed by atoms with E-state index in [1.807, 2.05) is 31.2 Å². The van der Waals surface area contributed by atoms with Gasteiger partial charge in [0.15, 0.2) is 0 Å². The number of aromatic nitrogens is 1. The van der Waals surface area contributed by atoms with E-state index in [1.165, 1.54) is 35.6 Å². The number of nitrogens with zero attached hydrogens (tertiary/aromatic N) is 2. The molecule has 0 bridgehead atoms. The summed E-state index contributed by atoms with van der Waals surface area (Å²) in [7, 11) is 0. The van der Waals surface area contributed by atoms with Gasteiger partial charge in [0.05, 0.1) is 4.92 Å². The first-order chi connectivity index (χ1) is 11.5. The minimum atomic E-state index is -0.486. The molecule has 0 radical (unpaired) electrons. The molecule has 0 saturated heterocycles. The van der Waals surface area contributed by atoms with E-state index in [1.54, 1.807) is 5.38 Å². The number of benzene rings is 2. The molecule has 1 heterocycles. The number of nitro groups is 1. The maximum atomic E-state index is 12.2. The number of hydrogen-bond donors (Lipinski definition) is 1. The molecule has 0 fully saturated rings. The number of carbonyl (C=O) groups is 1. The van der Waals surface area contributed by atoms with Crippen LogP contribution < -0.4 is 5.32 Å². The van der Waals surface area contributed by atoms with Gasteiger partial charge in [-0.15, -0.1) is 11.3 Å². The lowest BCUT2D eigenvalue weighted by molar-refractivity contribution is -0.384. The topological polar surface area (TPSA) is 85.1 Å². The highest BCUT2D eigenvalue weighted by molar-refractivity contribution is 7.13. The van der Waals surface area contributed by atoms with Crippen LogP contribution in [0.4, 0.5) is 11.4 Å². The second kappa shape index (κ2) is 6.59. The van der Waals surface area contributed by atoms with Crippen molar-refractivity contribution in [3.05, 3.63) is 75.3 Å². The number of aryl methyl sites for hydroxylation is 1. The van der Waals surface area contributed by atoms with Gasteiger partial charge in [0.25, 0.3) is 11.6 Å². The van der Waals surface area contributed by atoms with E-state index in [0.717, 1.165) is 16.1 Å². The Kier molecular flexibility index (Phi) is 4.35. The Morgan fingerprint density at radius 2 is 1.79 bits per heavy atom.